The lowest BCUT2D eigenvalue weighted by atomic mass is 10.1. The number of fused-ring (bicyclic) bond motifs is 1. The van der Waals surface area contributed by atoms with Gasteiger partial charge in [0.2, 0.25) is 10.0 Å². The van der Waals surface area contributed by atoms with Crippen molar-refractivity contribution in [3.8, 4) is 5.75 Å². The van der Waals surface area contributed by atoms with E-state index < -0.39 is 10.0 Å². The summed E-state index contributed by atoms with van der Waals surface area (Å²) in [5, 5.41) is 1.79. The second-order valence-corrected chi connectivity index (χ2v) is 6.39. The summed E-state index contributed by atoms with van der Waals surface area (Å²) in [5.74, 6) is 0.746. The average molecular weight is 309 g/mol. The molecule has 0 aliphatic carbocycles. The van der Waals surface area contributed by atoms with Crippen LogP contribution in [0.3, 0.4) is 0 Å². The minimum Gasteiger partial charge on any atom is -0.497 e. The summed E-state index contributed by atoms with van der Waals surface area (Å²) in [5.41, 5.74) is 0. The third kappa shape index (κ3) is 3.93. The Morgan fingerprint density at radius 3 is 2.48 bits per heavy atom. The van der Waals surface area contributed by atoms with Crippen LogP contribution in [0, 0.1) is 0 Å². The van der Waals surface area contributed by atoms with E-state index >= 15 is 0 Å². The van der Waals surface area contributed by atoms with Crippen molar-refractivity contribution in [2.24, 2.45) is 0 Å². The van der Waals surface area contributed by atoms with E-state index in [2.05, 4.69) is 4.72 Å². The van der Waals surface area contributed by atoms with Crippen molar-refractivity contribution in [2.75, 3.05) is 27.4 Å². The lowest BCUT2D eigenvalue weighted by Crippen LogP contribution is -2.25. The highest BCUT2D eigenvalue weighted by Gasteiger charge is 2.13. The highest BCUT2D eigenvalue weighted by molar-refractivity contribution is 7.89. The zero-order valence-corrected chi connectivity index (χ0v) is 12.9. The van der Waals surface area contributed by atoms with E-state index in [-0.39, 0.29) is 4.90 Å². The third-order valence-corrected chi connectivity index (χ3v) is 4.61. The van der Waals surface area contributed by atoms with Gasteiger partial charge >= 0.3 is 0 Å². The maximum absolute atomic E-state index is 12.2. The second-order valence-electron chi connectivity index (χ2n) is 4.62. The fourth-order valence-corrected chi connectivity index (χ4v) is 3.11. The van der Waals surface area contributed by atoms with Gasteiger partial charge in [-0.2, -0.15) is 0 Å². The molecule has 2 aromatic rings. The molecule has 0 saturated carbocycles. The second kappa shape index (κ2) is 6.89. The van der Waals surface area contributed by atoms with Crippen molar-refractivity contribution >= 4 is 20.8 Å². The molecule has 21 heavy (non-hydrogen) atoms. The van der Waals surface area contributed by atoms with Crippen molar-refractivity contribution < 1.29 is 17.9 Å². The van der Waals surface area contributed by atoms with Crippen LogP contribution in [0.1, 0.15) is 6.42 Å². The van der Waals surface area contributed by atoms with Crippen LogP contribution < -0.4 is 9.46 Å². The molecule has 2 aromatic carbocycles. The molecule has 0 radical (unpaired) electrons. The maximum Gasteiger partial charge on any atom is 0.240 e. The average Bonchev–Trinajstić information content (AvgIpc) is 2.50. The molecule has 0 spiro atoms. The van der Waals surface area contributed by atoms with Crippen molar-refractivity contribution in [1.82, 2.24) is 4.72 Å². The Kier molecular flexibility index (Phi) is 5.17. The molecule has 0 fully saturated rings. The number of methoxy groups -OCH3 is 2. The summed E-state index contributed by atoms with van der Waals surface area (Å²) >= 11 is 0. The number of hydrogen-bond donors (Lipinski definition) is 1. The molecule has 6 heteroatoms. The number of ether oxygens (including phenoxy) is 2. The third-order valence-electron chi connectivity index (χ3n) is 3.15. The van der Waals surface area contributed by atoms with Crippen LogP contribution in [0.25, 0.3) is 10.8 Å². The van der Waals surface area contributed by atoms with E-state index in [1.807, 2.05) is 18.2 Å². The van der Waals surface area contributed by atoms with Crippen LogP contribution in [0.2, 0.25) is 0 Å². The van der Waals surface area contributed by atoms with Gasteiger partial charge in [-0.05, 0) is 41.5 Å². The molecule has 0 aliphatic rings. The number of nitrogens with one attached hydrogen (secondary N) is 1. The molecule has 0 atom stereocenters. The van der Waals surface area contributed by atoms with Gasteiger partial charge in [0.05, 0.1) is 12.0 Å². The smallest absolute Gasteiger partial charge is 0.240 e. The molecular formula is C15H19NO4S. The first-order valence-electron chi connectivity index (χ1n) is 6.63. The minimum absolute atomic E-state index is 0.262. The molecule has 0 unspecified atom stereocenters. The predicted octanol–water partition coefficient (Wildman–Crippen LogP) is 2.16. The first kappa shape index (κ1) is 15.8. The monoisotopic (exact) mass is 309 g/mol. The summed E-state index contributed by atoms with van der Waals surface area (Å²) in [6, 6.07) is 10.6. The molecule has 5 nitrogen and oxygen atoms in total. The first-order chi connectivity index (χ1) is 10.1. The summed E-state index contributed by atoms with van der Waals surface area (Å²) in [6.07, 6.45) is 0.639. The molecule has 0 amide bonds. The van der Waals surface area contributed by atoms with E-state index in [1.54, 1.807) is 32.4 Å². The molecule has 0 bridgehead atoms. The van der Waals surface area contributed by atoms with Crippen LogP contribution in [0.5, 0.6) is 5.75 Å². The zero-order chi connectivity index (χ0) is 15.3. The lowest BCUT2D eigenvalue weighted by Gasteiger charge is -2.08. The fourth-order valence-electron chi connectivity index (χ4n) is 2.00. The van der Waals surface area contributed by atoms with Crippen molar-refractivity contribution in [2.45, 2.75) is 11.3 Å². The van der Waals surface area contributed by atoms with Crippen LogP contribution in [-0.2, 0) is 14.8 Å². The summed E-state index contributed by atoms with van der Waals surface area (Å²) in [6.45, 7) is 0.886. The molecule has 114 valence electrons. The van der Waals surface area contributed by atoms with Crippen LogP contribution in [-0.4, -0.2) is 35.8 Å². The zero-order valence-electron chi connectivity index (χ0n) is 12.1. The normalized spacial score (nSPS) is 11.7. The Labute approximate surface area is 124 Å². The van der Waals surface area contributed by atoms with Crippen molar-refractivity contribution in [1.29, 1.82) is 0 Å². The fraction of sp³-hybridized carbons (Fsp3) is 0.333. The molecule has 2 rings (SSSR count). The van der Waals surface area contributed by atoms with Gasteiger partial charge in [0.25, 0.3) is 0 Å². The Balaban J connectivity index is 2.21. The number of sulfonamides is 1. The highest BCUT2D eigenvalue weighted by Crippen LogP contribution is 2.23. The van der Waals surface area contributed by atoms with Gasteiger partial charge in [-0.1, -0.05) is 12.1 Å². The van der Waals surface area contributed by atoms with Gasteiger partial charge in [0, 0.05) is 20.3 Å². The topological polar surface area (TPSA) is 64.6 Å². The van der Waals surface area contributed by atoms with Crippen molar-refractivity contribution in [3.05, 3.63) is 36.4 Å². The van der Waals surface area contributed by atoms with E-state index in [4.69, 9.17) is 9.47 Å². The quantitative estimate of drug-likeness (QED) is 0.796. The summed E-state index contributed by atoms with van der Waals surface area (Å²) in [4.78, 5) is 0.262. The Morgan fingerprint density at radius 1 is 1.05 bits per heavy atom. The molecule has 0 heterocycles. The Hall–Kier alpha value is -1.63. The number of rotatable bonds is 7. The summed E-state index contributed by atoms with van der Waals surface area (Å²) < 4.78 is 37.0. The van der Waals surface area contributed by atoms with Gasteiger partial charge in [0.15, 0.2) is 0 Å². The Morgan fingerprint density at radius 2 is 1.76 bits per heavy atom. The van der Waals surface area contributed by atoms with Crippen LogP contribution >= 0.6 is 0 Å². The lowest BCUT2D eigenvalue weighted by molar-refractivity contribution is 0.196. The molecular weight excluding hydrogens is 290 g/mol. The van der Waals surface area contributed by atoms with Crippen LogP contribution in [0.15, 0.2) is 41.3 Å². The maximum atomic E-state index is 12.2. The molecule has 0 aliphatic heterocycles. The van der Waals surface area contributed by atoms with E-state index in [1.165, 1.54) is 0 Å². The Bertz CT molecular complexity index is 713. The van der Waals surface area contributed by atoms with Crippen molar-refractivity contribution in [3.63, 3.8) is 0 Å². The SMILES string of the molecule is COCCCNS(=O)(=O)c1ccc2cc(OC)ccc2c1. The predicted molar refractivity (Wildman–Crippen MR) is 82.2 cm³/mol. The summed E-state index contributed by atoms with van der Waals surface area (Å²) in [7, 11) is -0.294. The molecule has 0 aromatic heterocycles. The van der Waals surface area contributed by atoms with Gasteiger partial charge in [-0.15, -0.1) is 0 Å². The number of hydrogen-bond acceptors (Lipinski definition) is 4. The van der Waals surface area contributed by atoms with Gasteiger partial charge in [-0.3, -0.25) is 0 Å². The van der Waals surface area contributed by atoms with E-state index in [0.29, 0.717) is 19.6 Å². The number of benzene rings is 2. The molecule has 0 saturated heterocycles. The van der Waals surface area contributed by atoms with E-state index in [9.17, 15) is 8.42 Å². The molecule has 1 N–H and O–H groups in total. The van der Waals surface area contributed by atoms with Gasteiger partial charge in [0.1, 0.15) is 5.75 Å². The standard InChI is InChI=1S/C15H19NO4S/c1-19-9-3-8-16-21(17,18)15-7-5-12-10-14(20-2)6-4-13(12)11-15/h4-7,10-11,16H,3,8-9H2,1-2H3. The highest BCUT2D eigenvalue weighted by atomic mass is 32.2. The minimum atomic E-state index is -3.48. The largest absolute Gasteiger partial charge is 0.497 e. The van der Waals surface area contributed by atoms with Gasteiger partial charge < -0.3 is 9.47 Å². The van der Waals surface area contributed by atoms with E-state index in [0.717, 1.165) is 16.5 Å². The van der Waals surface area contributed by atoms with Crippen LogP contribution in [0.4, 0.5) is 0 Å². The first-order valence-corrected chi connectivity index (χ1v) is 8.11. The van der Waals surface area contributed by atoms with Gasteiger partial charge in [-0.25, -0.2) is 13.1 Å².